The van der Waals surface area contributed by atoms with Crippen LogP contribution < -0.4 is 4.72 Å². The van der Waals surface area contributed by atoms with Crippen LogP contribution in [0.2, 0.25) is 0 Å². The van der Waals surface area contributed by atoms with E-state index in [0.29, 0.717) is 4.47 Å². The highest BCUT2D eigenvalue weighted by Gasteiger charge is 2.24. The molecule has 1 atom stereocenters. The van der Waals surface area contributed by atoms with Gasteiger partial charge in [0.25, 0.3) is 10.0 Å². The van der Waals surface area contributed by atoms with Gasteiger partial charge in [0.1, 0.15) is 0 Å². The van der Waals surface area contributed by atoms with Crippen LogP contribution in [0.25, 0.3) is 0 Å². The number of rotatable bonds is 7. The van der Waals surface area contributed by atoms with E-state index in [9.17, 15) is 13.2 Å². The summed E-state index contributed by atoms with van der Waals surface area (Å²) in [5.41, 5.74) is 1.07. The Kier molecular flexibility index (Phi) is 6.46. The summed E-state index contributed by atoms with van der Waals surface area (Å²) in [7, 11) is -3.96. The van der Waals surface area contributed by atoms with E-state index < -0.39 is 16.0 Å². The van der Waals surface area contributed by atoms with Gasteiger partial charge in [-0.1, -0.05) is 6.92 Å². The van der Waals surface area contributed by atoms with Crippen molar-refractivity contribution in [2.75, 3.05) is 11.3 Å². The number of sulfonamides is 1. The second-order valence-electron chi connectivity index (χ2n) is 5.91. The van der Waals surface area contributed by atoms with Crippen LogP contribution in [0.3, 0.4) is 0 Å². The summed E-state index contributed by atoms with van der Waals surface area (Å²) < 4.78 is 35.2. The number of hydrogen-bond acceptors (Lipinski definition) is 5. The number of anilines is 1. The second-order valence-corrected chi connectivity index (χ2v) is 8.40. The van der Waals surface area contributed by atoms with Crippen molar-refractivity contribution in [3.63, 3.8) is 0 Å². The summed E-state index contributed by atoms with van der Waals surface area (Å²) in [4.78, 5) is 16.2. The van der Waals surface area contributed by atoms with Crippen molar-refractivity contribution in [2.24, 2.45) is 0 Å². The molecule has 26 heavy (non-hydrogen) atoms. The van der Waals surface area contributed by atoms with Crippen molar-refractivity contribution in [1.82, 2.24) is 9.55 Å². The van der Waals surface area contributed by atoms with Gasteiger partial charge in [0.15, 0.2) is 5.03 Å². The molecule has 0 saturated carbocycles. The molecule has 9 heteroatoms. The van der Waals surface area contributed by atoms with Gasteiger partial charge in [0.2, 0.25) is 0 Å². The van der Waals surface area contributed by atoms with Crippen LogP contribution >= 0.6 is 15.9 Å². The van der Waals surface area contributed by atoms with Crippen molar-refractivity contribution < 1.29 is 17.9 Å². The number of carbonyl (C=O) groups excluding carboxylic acids is 1. The van der Waals surface area contributed by atoms with Gasteiger partial charge in [-0.05, 0) is 60.8 Å². The van der Waals surface area contributed by atoms with Crippen molar-refractivity contribution in [1.29, 1.82) is 0 Å². The Bertz CT molecular complexity index is 909. The zero-order valence-corrected chi connectivity index (χ0v) is 17.5. The van der Waals surface area contributed by atoms with Crippen LogP contribution in [0.5, 0.6) is 0 Å². The molecule has 0 aliphatic rings. The highest BCUT2D eigenvalue weighted by Crippen LogP contribution is 2.31. The molecule has 1 aromatic heterocycles. The van der Waals surface area contributed by atoms with Crippen LogP contribution in [0.15, 0.2) is 34.2 Å². The zero-order chi connectivity index (χ0) is 19.5. The van der Waals surface area contributed by atoms with Gasteiger partial charge >= 0.3 is 5.97 Å². The molecule has 0 unspecified atom stereocenters. The largest absolute Gasteiger partial charge is 0.462 e. The van der Waals surface area contributed by atoms with E-state index >= 15 is 0 Å². The molecule has 2 rings (SSSR count). The SMILES string of the molecule is CCOC(=O)c1cc(C)cc(Br)c1NS(=O)(=O)c1cn([C@@H](C)CC)cn1. The highest BCUT2D eigenvalue weighted by atomic mass is 79.9. The second kappa shape index (κ2) is 8.22. The molecule has 1 aromatic carbocycles. The van der Waals surface area contributed by atoms with Gasteiger partial charge in [-0.3, -0.25) is 4.72 Å². The molecule has 1 N–H and O–H groups in total. The van der Waals surface area contributed by atoms with Crippen molar-refractivity contribution in [3.8, 4) is 0 Å². The van der Waals surface area contributed by atoms with E-state index in [1.54, 1.807) is 30.5 Å². The van der Waals surface area contributed by atoms with Crippen molar-refractivity contribution in [2.45, 2.75) is 45.2 Å². The smallest absolute Gasteiger partial charge is 0.340 e. The first-order valence-electron chi connectivity index (χ1n) is 8.23. The lowest BCUT2D eigenvalue weighted by Crippen LogP contribution is -2.17. The van der Waals surface area contributed by atoms with E-state index in [1.165, 1.54) is 12.5 Å². The minimum Gasteiger partial charge on any atom is -0.462 e. The molecule has 1 heterocycles. The van der Waals surface area contributed by atoms with Gasteiger partial charge in [-0.25, -0.2) is 9.78 Å². The Morgan fingerprint density at radius 3 is 2.69 bits per heavy atom. The molecule has 0 bridgehead atoms. The van der Waals surface area contributed by atoms with Crippen molar-refractivity contribution in [3.05, 3.63) is 40.3 Å². The van der Waals surface area contributed by atoms with Crippen LogP contribution in [-0.2, 0) is 14.8 Å². The first-order chi connectivity index (χ1) is 12.2. The number of nitrogens with one attached hydrogen (secondary N) is 1. The third-order valence-electron chi connectivity index (χ3n) is 3.92. The molecule has 0 aliphatic heterocycles. The summed E-state index contributed by atoms with van der Waals surface area (Å²) in [6, 6.07) is 3.43. The lowest BCUT2D eigenvalue weighted by Gasteiger charge is -2.14. The number of halogens is 1. The lowest BCUT2D eigenvalue weighted by molar-refractivity contribution is 0.0527. The Morgan fingerprint density at radius 2 is 2.08 bits per heavy atom. The van der Waals surface area contributed by atoms with Gasteiger partial charge in [0.05, 0.1) is 24.2 Å². The van der Waals surface area contributed by atoms with Crippen LogP contribution in [0, 0.1) is 6.92 Å². The molecular weight excluding hydrogens is 422 g/mol. The zero-order valence-electron chi connectivity index (χ0n) is 15.1. The first kappa shape index (κ1) is 20.4. The van der Waals surface area contributed by atoms with E-state index in [0.717, 1.165) is 12.0 Å². The number of benzene rings is 1. The average molecular weight is 444 g/mol. The van der Waals surface area contributed by atoms with E-state index in [4.69, 9.17) is 4.74 Å². The minimum absolute atomic E-state index is 0.111. The van der Waals surface area contributed by atoms with E-state index in [1.807, 2.05) is 13.8 Å². The van der Waals surface area contributed by atoms with Gasteiger partial charge in [-0.2, -0.15) is 8.42 Å². The summed E-state index contributed by atoms with van der Waals surface area (Å²) in [5, 5.41) is -0.111. The molecule has 2 aromatic rings. The van der Waals surface area contributed by atoms with Gasteiger partial charge in [-0.15, -0.1) is 0 Å². The topological polar surface area (TPSA) is 90.3 Å². The number of esters is 1. The molecule has 0 radical (unpaired) electrons. The standard InChI is InChI=1S/C17H22BrN3O4S/c1-5-12(4)21-9-15(19-10-21)26(23,24)20-16-13(17(22)25-6-2)7-11(3)8-14(16)18/h7-10,12,20H,5-6H2,1-4H3/t12-/m0/s1. The molecule has 0 spiro atoms. The molecule has 0 fully saturated rings. The minimum atomic E-state index is -3.96. The number of ether oxygens (including phenoxy) is 1. The maximum atomic E-state index is 12.7. The molecule has 142 valence electrons. The number of aromatic nitrogens is 2. The molecular formula is C17H22BrN3O4S. The number of aryl methyl sites for hydroxylation is 1. The van der Waals surface area contributed by atoms with E-state index in [2.05, 4.69) is 25.6 Å². The van der Waals surface area contributed by atoms with Crippen LogP contribution in [0.4, 0.5) is 5.69 Å². The predicted octanol–water partition coefficient (Wildman–Crippen LogP) is 3.90. The lowest BCUT2D eigenvalue weighted by atomic mass is 10.1. The Labute approximate surface area is 162 Å². The highest BCUT2D eigenvalue weighted by molar-refractivity contribution is 9.10. The number of nitrogens with zero attached hydrogens (tertiary/aromatic N) is 2. The molecule has 0 aliphatic carbocycles. The van der Waals surface area contributed by atoms with Gasteiger partial charge in [0, 0.05) is 16.7 Å². The average Bonchev–Trinajstić information content (AvgIpc) is 3.07. The number of hydrogen-bond donors (Lipinski definition) is 1. The van der Waals surface area contributed by atoms with Crippen LogP contribution in [-0.4, -0.2) is 30.5 Å². The van der Waals surface area contributed by atoms with Crippen molar-refractivity contribution >= 4 is 37.6 Å². The monoisotopic (exact) mass is 443 g/mol. The molecule has 0 saturated heterocycles. The normalized spacial score (nSPS) is 12.7. The molecule has 7 nitrogen and oxygen atoms in total. The summed E-state index contributed by atoms with van der Waals surface area (Å²) in [6.45, 7) is 7.66. The first-order valence-corrected chi connectivity index (χ1v) is 10.5. The van der Waals surface area contributed by atoms with Gasteiger partial charge < -0.3 is 9.30 Å². The Morgan fingerprint density at radius 1 is 1.38 bits per heavy atom. The summed E-state index contributed by atoms with van der Waals surface area (Å²) in [5.74, 6) is -0.597. The fraction of sp³-hybridized carbons (Fsp3) is 0.412. The summed E-state index contributed by atoms with van der Waals surface area (Å²) >= 11 is 3.32. The third kappa shape index (κ3) is 4.45. The quantitative estimate of drug-likeness (QED) is 0.655. The Hall–Kier alpha value is -1.87. The maximum Gasteiger partial charge on any atom is 0.340 e. The van der Waals surface area contributed by atoms with Crippen LogP contribution in [0.1, 0.15) is 49.2 Å². The Balaban J connectivity index is 2.43. The fourth-order valence-electron chi connectivity index (χ4n) is 2.31. The third-order valence-corrected chi connectivity index (χ3v) is 5.78. The number of carbonyl (C=O) groups is 1. The van der Waals surface area contributed by atoms with E-state index in [-0.39, 0.29) is 28.9 Å². The fourth-order valence-corrected chi connectivity index (χ4v) is 4.16. The maximum absolute atomic E-state index is 12.7. The molecule has 0 amide bonds. The summed E-state index contributed by atoms with van der Waals surface area (Å²) in [6.07, 6.45) is 3.81. The number of imidazole rings is 1. The predicted molar refractivity (Wildman–Crippen MR) is 103 cm³/mol.